The molecule has 4 nitrogen and oxygen atoms in total. The molecule has 2 aromatic rings. The molecule has 0 fully saturated rings. The first-order valence-electron chi connectivity index (χ1n) is 4.10. The van der Waals surface area contributed by atoms with Gasteiger partial charge in [0.05, 0.1) is 11.0 Å². The van der Waals surface area contributed by atoms with Crippen LogP contribution in [0.25, 0.3) is 11.0 Å². The molecule has 1 aromatic carbocycles. The van der Waals surface area contributed by atoms with Crippen LogP contribution in [-0.2, 0) is 13.6 Å². The lowest BCUT2D eigenvalue weighted by Crippen LogP contribution is -2.11. The van der Waals surface area contributed by atoms with E-state index in [4.69, 9.17) is 5.73 Å². The van der Waals surface area contributed by atoms with Gasteiger partial charge < -0.3 is 10.7 Å². The zero-order chi connectivity index (χ0) is 9.42. The van der Waals surface area contributed by atoms with E-state index in [0.29, 0.717) is 6.54 Å². The summed E-state index contributed by atoms with van der Waals surface area (Å²) in [5.41, 5.74) is 8.15. The molecule has 0 saturated heterocycles. The Hall–Kier alpha value is -1.55. The highest BCUT2D eigenvalue weighted by Gasteiger charge is 2.05. The average Bonchev–Trinajstić information content (AvgIpc) is 2.43. The van der Waals surface area contributed by atoms with Crippen molar-refractivity contribution >= 4 is 11.0 Å². The Morgan fingerprint density at radius 1 is 1.54 bits per heavy atom. The van der Waals surface area contributed by atoms with E-state index in [9.17, 15) is 4.79 Å². The van der Waals surface area contributed by atoms with E-state index in [1.165, 1.54) is 0 Å². The number of hydrogen-bond donors (Lipinski definition) is 2. The summed E-state index contributed by atoms with van der Waals surface area (Å²) in [6.45, 7) is 0.442. The first kappa shape index (κ1) is 8.07. The summed E-state index contributed by atoms with van der Waals surface area (Å²) in [5.74, 6) is 0. The summed E-state index contributed by atoms with van der Waals surface area (Å²) < 4.78 is 1.58. The summed E-state index contributed by atoms with van der Waals surface area (Å²) >= 11 is 0. The minimum Gasteiger partial charge on any atom is -0.326 e. The Bertz CT molecular complexity index is 495. The molecule has 0 spiro atoms. The molecule has 1 aromatic heterocycles. The van der Waals surface area contributed by atoms with Crippen LogP contribution in [0.1, 0.15) is 5.56 Å². The van der Waals surface area contributed by atoms with Crippen molar-refractivity contribution in [2.45, 2.75) is 6.54 Å². The van der Waals surface area contributed by atoms with Crippen LogP contribution in [0.2, 0.25) is 0 Å². The maximum atomic E-state index is 11.3. The van der Waals surface area contributed by atoms with E-state index < -0.39 is 0 Å². The smallest absolute Gasteiger partial charge is 0.326 e. The minimum absolute atomic E-state index is 0.101. The van der Waals surface area contributed by atoms with Crippen molar-refractivity contribution in [1.29, 1.82) is 0 Å². The van der Waals surface area contributed by atoms with Gasteiger partial charge >= 0.3 is 5.69 Å². The lowest BCUT2D eigenvalue weighted by atomic mass is 10.2. The fourth-order valence-electron chi connectivity index (χ4n) is 1.48. The number of aromatic nitrogens is 2. The fourth-order valence-corrected chi connectivity index (χ4v) is 1.48. The third-order valence-electron chi connectivity index (χ3n) is 2.25. The Morgan fingerprint density at radius 3 is 3.00 bits per heavy atom. The predicted molar refractivity (Wildman–Crippen MR) is 51.4 cm³/mol. The second-order valence-electron chi connectivity index (χ2n) is 3.00. The predicted octanol–water partition coefficient (Wildman–Crippen LogP) is 0.325. The molecule has 0 atom stereocenters. The van der Waals surface area contributed by atoms with Gasteiger partial charge in [0, 0.05) is 13.6 Å². The first-order valence-corrected chi connectivity index (χ1v) is 4.10. The number of hydrogen-bond acceptors (Lipinski definition) is 2. The largest absolute Gasteiger partial charge is 0.326 e. The lowest BCUT2D eigenvalue weighted by molar-refractivity contribution is 0.891. The number of aromatic amines is 1. The normalized spacial score (nSPS) is 10.9. The van der Waals surface area contributed by atoms with Crippen LogP contribution in [0.15, 0.2) is 23.0 Å². The van der Waals surface area contributed by atoms with Gasteiger partial charge in [0.15, 0.2) is 0 Å². The van der Waals surface area contributed by atoms with Crippen molar-refractivity contribution in [3.63, 3.8) is 0 Å². The van der Waals surface area contributed by atoms with Crippen LogP contribution in [0.4, 0.5) is 0 Å². The van der Waals surface area contributed by atoms with Crippen LogP contribution < -0.4 is 11.4 Å². The molecule has 0 saturated carbocycles. The molecule has 0 amide bonds. The van der Waals surface area contributed by atoms with Gasteiger partial charge in [0.2, 0.25) is 0 Å². The maximum Gasteiger partial charge on any atom is 0.326 e. The van der Waals surface area contributed by atoms with E-state index in [1.807, 2.05) is 18.2 Å². The van der Waals surface area contributed by atoms with Gasteiger partial charge in [-0.3, -0.25) is 4.57 Å². The minimum atomic E-state index is -0.101. The Balaban J connectivity index is 2.92. The zero-order valence-corrected chi connectivity index (χ0v) is 7.37. The monoisotopic (exact) mass is 177 g/mol. The maximum absolute atomic E-state index is 11.3. The van der Waals surface area contributed by atoms with Crippen molar-refractivity contribution in [2.24, 2.45) is 12.8 Å². The van der Waals surface area contributed by atoms with Gasteiger partial charge in [0.25, 0.3) is 0 Å². The van der Waals surface area contributed by atoms with Gasteiger partial charge in [-0.25, -0.2) is 4.79 Å². The molecular weight excluding hydrogens is 166 g/mol. The Kier molecular flexibility index (Phi) is 1.70. The number of para-hydroxylation sites is 1. The number of rotatable bonds is 1. The molecule has 2 rings (SSSR count). The summed E-state index contributed by atoms with van der Waals surface area (Å²) in [6, 6.07) is 5.71. The van der Waals surface area contributed by atoms with Crippen LogP contribution in [0.3, 0.4) is 0 Å². The fraction of sp³-hybridized carbons (Fsp3) is 0.222. The molecule has 1 heterocycles. The molecular formula is C9H11N3O. The highest BCUT2D eigenvalue weighted by molar-refractivity contribution is 5.78. The van der Waals surface area contributed by atoms with Crippen LogP contribution in [0.5, 0.6) is 0 Å². The van der Waals surface area contributed by atoms with Gasteiger partial charge in [-0.05, 0) is 11.6 Å². The van der Waals surface area contributed by atoms with Gasteiger partial charge in [-0.1, -0.05) is 12.1 Å². The molecule has 0 radical (unpaired) electrons. The van der Waals surface area contributed by atoms with E-state index in [0.717, 1.165) is 16.6 Å². The number of H-pyrrole nitrogens is 1. The quantitative estimate of drug-likeness (QED) is 0.659. The molecule has 0 aliphatic rings. The van der Waals surface area contributed by atoms with Crippen LogP contribution in [-0.4, -0.2) is 9.55 Å². The average molecular weight is 177 g/mol. The van der Waals surface area contributed by atoms with Crippen molar-refractivity contribution in [1.82, 2.24) is 9.55 Å². The van der Waals surface area contributed by atoms with E-state index in [1.54, 1.807) is 11.6 Å². The highest BCUT2D eigenvalue weighted by atomic mass is 16.1. The lowest BCUT2D eigenvalue weighted by Gasteiger charge is -1.98. The standard InChI is InChI=1S/C9H11N3O/c1-12-7-4-2-3-6(5-10)8(7)11-9(12)13/h2-4H,5,10H2,1H3,(H,11,13). The molecule has 0 aliphatic carbocycles. The van der Waals surface area contributed by atoms with E-state index >= 15 is 0 Å². The molecule has 0 unspecified atom stereocenters. The Morgan fingerprint density at radius 2 is 2.31 bits per heavy atom. The molecule has 0 aliphatic heterocycles. The number of nitrogens with one attached hydrogen (secondary N) is 1. The topological polar surface area (TPSA) is 63.8 Å². The molecule has 3 N–H and O–H groups in total. The van der Waals surface area contributed by atoms with E-state index in [2.05, 4.69) is 4.98 Å². The zero-order valence-electron chi connectivity index (χ0n) is 7.37. The number of aryl methyl sites for hydroxylation is 1. The number of nitrogens with zero attached hydrogens (tertiary/aromatic N) is 1. The van der Waals surface area contributed by atoms with Crippen molar-refractivity contribution in [2.75, 3.05) is 0 Å². The van der Waals surface area contributed by atoms with Gasteiger partial charge in [-0.2, -0.15) is 0 Å². The third-order valence-corrected chi connectivity index (χ3v) is 2.25. The molecule has 13 heavy (non-hydrogen) atoms. The summed E-state index contributed by atoms with van der Waals surface area (Å²) in [7, 11) is 1.74. The number of fused-ring (bicyclic) bond motifs is 1. The second-order valence-corrected chi connectivity index (χ2v) is 3.00. The van der Waals surface area contributed by atoms with Crippen molar-refractivity contribution in [3.8, 4) is 0 Å². The van der Waals surface area contributed by atoms with Crippen molar-refractivity contribution in [3.05, 3.63) is 34.2 Å². The number of benzene rings is 1. The molecule has 68 valence electrons. The van der Waals surface area contributed by atoms with Crippen molar-refractivity contribution < 1.29 is 0 Å². The third kappa shape index (κ3) is 1.07. The molecule has 0 bridgehead atoms. The number of imidazole rings is 1. The molecule has 4 heteroatoms. The van der Waals surface area contributed by atoms with Gasteiger partial charge in [-0.15, -0.1) is 0 Å². The van der Waals surface area contributed by atoms with Gasteiger partial charge in [0.1, 0.15) is 0 Å². The van der Waals surface area contributed by atoms with E-state index in [-0.39, 0.29) is 5.69 Å². The summed E-state index contributed by atoms with van der Waals surface area (Å²) in [6.07, 6.45) is 0. The van der Waals surface area contributed by atoms with Crippen LogP contribution in [0, 0.1) is 0 Å². The highest BCUT2D eigenvalue weighted by Crippen LogP contribution is 2.13. The summed E-state index contributed by atoms with van der Waals surface area (Å²) in [5, 5.41) is 0. The first-order chi connectivity index (χ1) is 6.24. The second kappa shape index (κ2) is 2.74. The SMILES string of the molecule is Cn1c(=O)[nH]c2c(CN)cccc21. The summed E-state index contributed by atoms with van der Waals surface area (Å²) in [4.78, 5) is 14.0. The number of nitrogens with two attached hydrogens (primary N) is 1. The van der Waals surface area contributed by atoms with Crippen LogP contribution >= 0.6 is 0 Å². The Labute approximate surface area is 75.0 Å².